The number of hydrogen-bond acceptors (Lipinski definition) is 2. The second kappa shape index (κ2) is 5.32. The fraction of sp³-hybridized carbons (Fsp3) is 0.833. The van der Waals surface area contributed by atoms with Crippen molar-refractivity contribution < 1.29 is 9.59 Å². The fourth-order valence-corrected chi connectivity index (χ4v) is 2.15. The molecular formula is C12H22N2O2. The number of nitrogens with zero attached hydrogens (tertiary/aromatic N) is 1. The van der Waals surface area contributed by atoms with Crippen LogP contribution in [0.25, 0.3) is 0 Å². The average Bonchev–Trinajstić information content (AvgIpc) is 2.55. The lowest BCUT2D eigenvalue weighted by atomic mass is 10.0. The first-order chi connectivity index (χ1) is 7.47. The zero-order chi connectivity index (χ0) is 12.2. The molecule has 0 aromatic rings. The first-order valence-corrected chi connectivity index (χ1v) is 6.04. The summed E-state index contributed by atoms with van der Waals surface area (Å²) in [7, 11) is 0. The summed E-state index contributed by atoms with van der Waals surface area (Å²) in [5.41, 5.74) is -0.0490. The Morgan fingerprint density at radius 3 is 2.56 bits per heavy atom. The summed E-state index contributed by atoms with van der Waals surface area (Å²) in [6.07, 6.45) is 3.41. The molecule has 0 unspecified atom stereocenters. The van der Waals surface area contributed by atoms with E-state index in [-0.39, 0.29) is 23.9 Å². The molecule has 0 spiro atoms. The average molecular weight is 226 g/mol. The summed E-state index contributed by atoms with van der Waals surface area (Å²) >= 11 is 0. The van der Waals surface area contributed by atoms with Gasteiger partial charge in [-0.15, -0.1) is 0 Å². The molecule has 16 heavy (non-hydrogen) atoms. The van der Waals surface area contributed by atoms with Gasteiger partial charge in [0.1, 0.15) is 0 Å². The Morgan fingerprint density at radius 2 is 2.06 bits per heavy atom. The van der Waals surface area contributed by atoms with Crippen molar-refractivity contribution >= 4 is 11.8 Å². The molecule has 0 atom stereocenters. The van der Waals surface area contributed by atoms with Gasteiger partial charge in [0, 0.05) is 18.5 Å². The smallest absolute Gasteiger partial charge is 0.242 e. The minimum atomic E-state index is -0.0490. The number of carbonyl (C=O) groups is 2. The predicted molar refractivity (Wildman–Crippen MR) is 62.9 cm³/mol. The van der Waals surface area contributed by atoms with Gasteiger partial charge in [-0.3, -0.25) is 9.59 Å². The molecule has 4 heteroatoms. The normalized spacial score (nSPS) is 18.6. The lowest BCUT2D eigenvalue weighted by Crippen LogP contribution is -2.47. The van der Waals surface area contributed by atoms with E-state index in [9.17, 15) is 9.59 Å². The van der Waals surface area contributed by atoms with Crippen LogP contribution < -0.4 is 5.32 Å². The highest BCUT2D eigenvalue weighted by molar-refractivity contribution is 5.85. The first-order valence-electron chi connectivity index (χ1n) is 6.04. The molecule has 0 radical (unpaired) electrons. The van der Waals surface area contributed by atoms with E-state index in [1.54, 1.807) is 0 Å². The first kappa shape index (κ1) is 13.0. The topological polar surface area (TPSA) is 49.4 Å². The summed E-state index contributed by atoms with van der Waals surface area (Å²) in [6.45, 7) is 7.06. The van der Waals surface area contributed by atoms with Crippen LogP contribution in [0.15, 0.2) is 0 Å². The van der Waals surface area contributed by atoms with Crippen LogP contribution in [0.4, 0.5) is 0 Å². The fourth-order valence-electron chi connectivity index (χ4n) is 2.15. The minimum Gasteiger partial charge on any atom is -0.347 e. The molecule has 1 N–H and O–H groups in total. The van der Waals surface area contributed by atoms with Gasteiger partial charge in [-0.05, 0) is 33.1 Å². The van der Waals surface area contributed by atoms with E-state index in [1.165, 1.54) is 0 Å². The number of hydrogen-bond donors (Lipinski definition) is 1. The largest absolute Gasteiger partial charge is 0.347 e. The molecule has 0 aliphatic carbocycles. The van der Waals surface area contributed by atoms with Gasteiger partial charge in [-0.1, -0.05) is 6.92 Å². The highest BCUT2D eigenvalue weighted by Crippen LogP contribution is 2.27. The van der Waals surface area contributed by atoms with Gasteiger partial charge in [-0.2, -0.15) is 0 Å². The Hall–Kier alpha value is -1.06. The van der Waals surface area contributed by atoms with Crippen molar-refractivity contribution in [3.05, 3.63) is 0 Å². The number of rotatable bonds is 4. The van der Waals surface area contributed by atoms with Gasteiger partial charge in [0.15, 0.2) is 0 Å². The Bertz CT molecular complexity index is 274. The van der Waals surface area contributed by atoms with E-state index in [0.717, 1.165) is 25.8 Å². The van der Waals surface area contributed by atoms with Crippen LogP contribution in [0.2, 0.25) is 0 Å². The lowest BCUT2D eigenvalue weighted by molar-refractivity contribution is -0.135. The summed E-state index contributed by atoms with van der Waals surface area (Å²) in [6, 6.07) is 0. The molecule has 1 saturated heterocycles. The van der Waals surface area contributed by atoms with E-state index >= 15 is 0 Å². The van der Waals surface area contributed by atoms with Crippen molar-refractivity contribution in [3.63, 3.8) is 0 Å². The molecule has 4 nitrogen and oxygen atoms in total. The van der Waals surface area contributed by atoms with Crippen LogP contribution in [-0.4, -0.2) is 35.3 Å². The molecule has 0 saturated carbocycles. The van der Waals surface area contributed by atoms with E-state index in [0.29, 0.717) is 6.42 Å². The van der Waals surface area contributed by atoms with Crippen molar-refractivity contribution in [2.24, 2.45) is 0 Å². The van der Waals surface area contributed by atoms with Crippen LogP contribution in [0.5, 0.6) is 0 Å². The van der Waals surface area contributed by atoms with Gasteiger partial charge >= 0.3 is 0 Å². The minimum absolute atomic E-state index is 0.0342. The number of nitrogens with one attached hydrogen (secondary N) is 1. The second-order valence-electron chi connectivity index (χ2n) is 4.99. The van der Waals surface area contributed by atoms with Gasteiger partial charge < -0.3 is 10.2 Å². The highest BCUT2D eigenvalue weighted by atomic mass is 16.2. The summed E-state index contributed by atoms with van der Waals surface area (Å²) in [5.74, 6) is -0.000180. The molecular weight excluding hydrogens is 204 g/mol. The van der Waals surface area contributed by atoms with Gasteiger partial charge in [0.05, 0.1) is 6.54 Å². The van der Waals surface area contributed by atoms with Crippen molar-refractivity contribution in [2.45, 2.75) is 52.0 Å². The Kier molecular flexibility index (Phi) is 4.33. The molecule has 1 aliphatic heterocycles. The zero-order valence-electron chi connectivity index (χ0n) is 10.5. The van der Waals surface area contributed by atoms with Crippen LogP contribution in [0.1, 0.15) is 46.5 Å². The van der Waals surface area contributed by atoms with Crippen molar-refractivity contribution in [2.75, 3.05) is 13.1 Å². The Morgan fingerprint density at radius 1 is 1.38 bits per heavy atom. The Balaban J connectivity index is 2.38. The SMILES string of the molecule is CCCC(=O)NCC(=O)N1CCCC1(C)C. The predicted octanol–water partition coefficient (Wildman–Crippen LogP) is 1.30. The molecule has 2 amide bonds. The molecule has 0 bridgehead atoms. The van der Waals surface area contributed by atoms with Gasteiger partial charge in [0.25, 0.3) is 0 Å². The highest BCUT2D eigenvalue weighted by Gasteiger charge is 2.34. The maximum atomic E-state index is 11.9. The van der Waals surface area contributed by atoms with Crippen LogP contribution in [0.3, 0.4) is 0 Å². The maximum absolute atomic E-state index is 11.9. The van der Waals surface area contributed by atoms with Crippen LogP contribution in [0, 0.1) is 0 Å². The Labute approximate surface area is 97.4 Å². The summed E-state index contributed by atoms with van der Waals surface area (Å²) in [5, 5.41) is 2.67. The van der Waals surface area contributed by atoms with E-state index < -0.39 is 0 Å². The van der Waals surface area contributed by atoms with Crippen LogP contribution >= 0.6 is 0 Å². The molecule has 0 aromatic heterocycles. The third kappa shape index (κ3) is 3.22. The zero-order valence-corrected chi connectivity index (χ0v) is 10.5. The maximum Gasteiger partial charge on any atom is 0.242 e. The van der Waals surface area contributed by atoms with E-state index in [1.807, 2.05) is 11.8 Å². The summed E-state index contributed by atoms with van der Waals surface area (Å²) < 4.78 is 0. The second-order valence-corrected chi connectivity index (χ2v) is 4.99. The number of likely N-dealkylation sites (tertiary alicyclic amines) is 1. The molecule has 92 valence electrons. The lowest BCUT2D eigenvalue weighted by Gasteiger charge is -2.31. The van der Waals surface area contributed by atoms with Crippen LogP contribution in [-0.2, 0) is 9.59 Å². The number of amides is 2. The van der Waals surface area contributed by atoms with Gasteiger partial charge in [-0.25, -0.2) is 0 Å². The quantitative estimate of drug-likeness (QED) is 0.785. The standard InChI is InChI=1S/C12H22N2O2/c1-4-6-10(15)13-9-11(16)14-8-5-7-12(14,2)3/h4-9H2,1-3H3,(H,13,15). The molecule has 1 fully saturated rings. The molecule has 1 heterocycles. The molecule has 1 aliphatic rings. The monoisotopic (exact) mass is 226 g/mol. The summed E-state index contributed by atoms with van der Waals surface area (Å²) in [4.78, 5) is 25.0. The van der Waals surface area contributed by atoms with Crippen molar-refractivity contribution in [3.8, 4) is 0 Å². The molecule has 0 aromatic carbocycles. The van der Waals surface area contributed by atoms with E-state index in [2.05, 4.69) is 19.2 Å². The van der Waals surface area contributed by atoms with Gasteiger partial charge in [0.2, 0.25) is 11.8 Å². The van der Waals surface area contributed by atoms with Crippen molar-refractivity contribution in [1.82, 2.24) is 10.2 Å². The van der Waals surface area contributed by atoms with E-state index in [4.69, 9.17) is 0 Å². The third-order valence-corrected chi connectivity index (χ3v) is 3.12. The third-order valence-electron chi connectivity index (χ3n) is 3.12. The number of carbonyl (C=O) groups excluding carboxylic acids is 2. The van der Waals surface area contributed by atoms with Crippen molar-refractivity contribution in [1.29, 1.82) is 0 Å². The molecule has 1 rings (SSSR count).